The van der Waals surface area contributed by atoms with E-state index in [1.165, 1.54) is 0 Å². The zero-order valence-electron chi connectivity index (χ0n) is 15.2. The van der Waals surface area contributed by atoms with Gasteiger partial charge in [0.2, 0.25) is 11.9 Å². The first kappa shape index (κ1) is 17.5. The van der Waals surface area contributed by atoms with E-state index in [0.29, 0.717) is 6.54 Å². The summed E-state index contributed by atoms with van der Waals surface area (Å²) in [6.45, 7) is 9.59. The van der Waals surface area contributed by atoms with Gasteiger partial charge in [0.25, 0.3) is 0 Å². The zero-order chi connectivity index (χ0) is 17.2. The minimum atomic E-state index is -0.197. The highest BCUT2D eigenvalue weighted by Crippen LogP contribution is 2.23. The summed E-state index contributed by atoms with van der Waals surface area (Å²) in [5.74, 6) is 1.74. The lowest BCUT2D eigenvalue weighted by atomic mass is 9.96. The van der Waals surface area contributed by atoms with Crippen LogP contribution in [0.1, 0.15) is 39.3 Å². The maximum Gasteiger partial charge on any atom is 0.227 e. The van der Waals surface area contributed by atoms with Gasteiger partial charge >= 0.3 is 0 Å². The van der Waals surface area contributed by atoms with Crippen molar-refractivity contribution < 1.29 is 4.79 Å². The van der Waals surface area contributed by atoms with Crippen molar-refractivity contribution in [3.63, 3.8) is 0 Å². The van der Waals surface area contributed by atoms with Crippen molar-refractivity contribution in [2.75, 3.05) is 37.0 Å². The van der Waals surface area contributed by atoms with Gasteiger partial charge in [-0.2, -0.15) is 4.98 Å². The van der Waals surface area contributed by atoms with E-state index in [4.69, 9.17) is 0 Å². The van der Waals surface area contributed by atoms with Crippen LogP contribution in [-0.2, 0) is 4.79 Å². The maximum absolute atomic E-state index is 12.4. The predicted molar refractivity (Wildman–Crippen MR) is 93.9 cm³/mol. The SMILES string of the molecule is Cc1cc(N(C)C)nc(N2CCCC(C(=O)NC(C)(C)C)C2)n1. The highest BCUT2D eigenvalue weighted by atomic mass is 16.2. The number of nitrogens with one attached hydrogen (secondary N) is 1. The Morgan fingerprint density at radius 3 is 2.65 bits per heavy atom. The fraction of sp³-hybridized carbons (Fsp3) is 0.706. The number of piperidine rings is 1. The smallest absolute Gasteiger partial charge is 0.227 e. The van der Waals surface area contributed by atoms with E-state index in [2.05, 4.69) is 20.2 Å². The summed E-state index contributed by atoms with van der Waals surface area (Å²) in [5, 5.41) is 3.09. The van der Waals surface area contributed by atoms with Gasteiger partial charge < -0.3 is 15.1 Å². The summed E-state index contributed by atoms with van der Waals surface area (Å²) in [7, 11) is 3.95. The number of hydrogen-bond donors (Lipinski definition) is 1. The first-order valence-corrected chi connectivity index (χ1v) is 8.26. The molecular formula is C17H29N5O. The van der Waals surface area contributed by atoms with Gasteiger partial charge in [0.05, 0.1) is 5.92 Å². The van der Waals surface area contributed by atoms with Crippen molar-refractivity contribution in [3.8, 4) is 0 Å². The minimum absolute atomic E-state index is 0.00473. The maximum atomic E-state index is 12.4. The van der Waals surface area contributed by atoms with E-state index in [-0.39, 0.29) is 17.4 Å². The molecule has 1 aliphatic heterocycles. The Kier molecular flexibility index (Phi) is 5.12. The fourth-order valence-corrected chi connectivity index (χ4v) is 2.75. The molecule has 2 rings (SSSR count). The van der Waals surface area contributed by atoms with Crippen LogP contribution in [0.5, 0.6) is 0 Å². The van der Waals surface area contributed by atoms with E-state index in [1.807, 2.05) is 52.8 Å². The third-order valence-electron chi connectivity index (χ3n) is 3.86. The molecule has 128 valence electrons. The molecule has 23 heavy (non-hydrogen) atoms. The van der Waals surface area contributed by atoms with Gasteiger partial charge in [0, 0.05) is 44.5 Å². The van der Waals surface area contributed by atoms with Gasteiger partial charge in [-0.05, 0) is 40.5 Å². The average molecular weight is 319 g/mol. The quantitative estimate of drug-likeness (QED) is 0.923. The van der Waals surface area contributed by atoms with Crippen LogP contribution in [0.2, 0.25) is 0 Å². The van der Waals surface area contributed by atoms with Crippen LogP contribution >= 0.6 is 0 Å². The lowest BCUT2D eigenvalue weighted by molar-refractivity contribution is -0.126. The standard InChI is InChI=1S/C17H29N5O/c1-12-10-14(21(5)6)19-16(18-12)22-9-7-8-13(11-22)15(23)20-17(2,3)4/h10,13H,7-9,11H2,1-6H3,(H,20,23). The molecule has 1 unspecified atom stereocenters. The van der Waals surface area contributed by atoms with Gasteiger partial charge in [-0.3, -0.25) is 4.79 Å². The van der Waals surface area contributed by atoms with Crippen LogP contribution in [0.25, 0.3) is 0 Å². The van der Waals surface area contributed by atoms with Crippen LogP contribution < -0.4 is 15.1 Å². The molecular weight excluding hydrogens is 290 g/mol. The Bertz CT molecular complexity index is 565. The molecule has 1 N–H and O–H groups in total. The molecule has 1 aromatic rings. The van der Waals surface area contributed by atoms with Gasteiger partial charge in [-0.1, -0.05) is 0 Å². The summed E-state index contributed by atoms with van der Waals surface area (Å²) in [5.41, 5.74) is 0.747. The number of aryl methyl sites for hydroxylation is 1. The van der Waals surface area contributed by atoms with Gasteiger partial charge in [-0.25, -0.2) is 4.98 Å². The van der Waals surface area contributed by atoms with Crippen LogP contribution in [0.3, 0.4) is 0 Å². The molecule has 1 fully saturated rings. The Hall–Kier alpha value is -1.85. The Morgan fingerprint density at radius 1 is 1.35 bits per heavy atom. The molecule has 0 bridgehead atoms. The molecule has 1 aromatic heterocycles. The number of amides is 1. The number of hydrogen-bond acceptors (Lipinski definition) is 5. The molecule has 6 heteroatoms. The third kappa shape index (κ3) is 4.81. The first-order chi connectivity index (χ1) is 10.7. The first-order valence-electron chi connectivity index (χ1n) is 8.26. The summed E-state index contributed by atoms with van der Waals surface area (Å²) in [4.78, 5) is 25.8. The van der Waals surface area contributed by atoms with E-state index in [1.54, 1.807) is 0 Å². The van der Waals surface area contributed by atoms with Crippen molar-refractivity contribution in [2.24, 2.45) is 5.92 Å². The molecule has 0 saturated carbocycles. The molecule has 0 aliphatic carbocycles. The molecule has 1 atom stereocenters. The predicted octanol–water partition coefficient (Wildman–Crippen LogP) is 1.98. The van der Waals surface area contributed by atoms with Crippen LogP contribution in [-0.4, -0.2) is 48.6 Å². The molecule has 1 aliphatic rings. The number of rotatable bonds is 3. The van der Waals surface area contributed by atoms with Crippen molar-refractivity contribution in [1.29, 1.82) is 0 Å². The van der Waals surface area contributed by atoms with Crippen molar-refractivity contribution in [1.82, 2.24) is 15.3 Å². The molecule has 0 radical (unpaired) electrons. The lowest BCUT2D eigenvalue weighted by Gasteiger charge is -2.34. The Balaban J connectivity index is 2.14. The summed E-state index contributed by atoms with van der Waals surface area (Å²) in [6.07, 6.45) is 1.90. The lowest BCUT2D eigenvalue weighted by Crippen LogP contribution is -2.49. The summed E-state index contributed by atoms with van der Waals surface area (Å²) >= 11 is 0. The second-order valence-corrected chi connectivity index (χ2v) is 7.59. The van der Waals surface area contributed by atoms with Crippen molar-refractivity contribution >= 4 is 17.7 Å². The van der Waals surface area contributed by atoms with E-state index in [0.717, 1.165) is 36.8 Å². The monoisotopic (exact) mass is 319 g/mol. The number of nitrogens with zero attached hydrogens (tertiary/aromatic N) is 4. The van der Waals surface area contributed by atoms with Crippen LogP contribution in [0.15, 0.2) is 6.07 Å². The van der Waals surface area contributed by atoms with Crippen molar-refractivity contribution in [2.45, 2.75) is 46.1 Å². The molecule has 6 nitrogen and oxygen atoms in total. The molecule has 2 heterocycles. The molecule has 1 saturated heterocycles. The van der Waals surface area contributed by atoms with E-state index in [9.17, 15) is 4.79 Å². The van der Waals surface area contributed by atoms with E-state index < -0.39 is 0 Å². The van der Waals surface area contributed by atoms with Gasteiger partial charge in [-0.15, -0.1) is 0 Å². The largest absolute Gasteiger partial charge is 0.363 e. The van der Waals surface area contributed by atoms with Crippen LogP contribution in [0, 0.1) is 12.8 Å². The zero-order valence-corrected chi connectivity index (χ0v) is 15.2. The second-order valence-electron chi connectivity index (χ2n) is 7.59. The fourth-order valence-electron chi connectivity index (χ4n) is 2.75. The Labute approximate surface area is 139 Å². The number of aromatic nitrogens is 2. The second kappa shape index (κ2) is 6.72. The average Bonchev–Trinajstić information content (AvgIpc) is 2.45. The highest BCUT2D eigenvalue weighted by molar-refractivity contribution is 5.80. The molecule has 0 aromatic carbocycles. The number of anilines is 2. The highest BCUT2D eigenvalue weighted by Gasteiger charge is 2.29. The number of carbonyl (C=O) groups is 1. The topological polar surface area (TPSA) is 61.4 Å². The summed E-state index contributed by atoms with van der Waals surface area (Å²) < 4.78 is 0. The van der Waals surface area contributed by atoms with E-state index >= 15 is 0 Å². The third-order valence-corrected chi connectivity index (χ3v) is 3.86. The van der Waals surface area contributed by atoms with Gasteiger partial charge in [0.1, 0.15) is 5.82 Å². The molecule has 0 spiro atoms. The van der Waals surface area contributed by atoms with Crippen molar-refractivity contribution in [3.05, 3.63) is 11.8 Å². The minimum Gasteiger partial charge on any atom is -0.363 e. The summed E-state index contributed by atoms with van der Waals surface area (Å²) in [6, 6.07) is 1.97. The normalized spacial score (nSPS) is 18.7. The van der Waals surface area contributed by atoms with Crippen LogP contribution in [0.4, 0.5) is 11.8 Å². The molecule has 1 amide bonds. The van der Waals surface area contributed by atoms with Gasteiger partial charge in [0.15, 0.2) is 0 Å². The Morgan fingerprint density at radius 2 is 2.04 bits per heavy atom. The number of carbonyl (C=O) groups excluding carboxylic acids is 1.